The molecule has 3 aliphatic rings. The number of amides is 1. The fourth-order valence-corrected chi connectivity index (χ4v) is 6.30. The summed E-state index contributed by atoms with van der Waals surface area (Å²) in [7, 11) is 2.04. The van der Waals surface area contributed by atoms with Crippen LogP contribution in [0.25, 0.3) is 10.8 Å². The Labute approximate surface area is 260 Å². The molecule has 2 aromatic heterocycles. The van der Waals surface area contributed by atoms with Gasteiger partial charge in [0.15, 0.2) is 5.83 Å². The maximum absolute atomic E-state index is 13.8. The summed E-state index contributed by atoms with van der Waals surface area (Å²) in [6.07, 6.45) is 4.35. The van der Waals surface area contributed by atoms with Crippen molar-refractivity contribution in [3.05, 3.63) is 59.3 Å². The summed E-state index contributed by atoms with van der Waals surface area (Å²) in [5, 5.41) is 12.0. The van der Waals surface area contributed by atoms with Crippen molar-refractivity contribution in [2.75, 3.05) is 69.4 Å². The second-order valence-electron chi connectivity index (χ2n) is 11.3. The van der Waals surface area contributed by atoms with Gasteiger partial charge in [0.25, 0.3) is 5.91 Å². The number of halogens is 2. The number of piperazine rings is 1. The summed E-state index contributed by atoms with van der Waals surface area (Å²) in [6, 6.07) is 8.06. The van der Waals surface area contributed by atoms with Gasteiger partial charge in [-0.25, -0.2) is 4.39 Å². The van der Waals surface area contributed by atoms with Gasteiger partial charge in [0.1, 0.15) is 12.4 Å². The zero-order chi connectivity index (χ0) is 30.8. The summed E-state index contributed by atoms with van der Waals surface area (Å²) >= 11 is 6.65. The number of fused-ring (bicyclic) bond motifs is 2. The van der Waals surface area contributed by atoms with Crippen LogP contribution in [0.4, 0.5) is 15.9 Å². The van der Waals surface area contributed by atoms with Crippen molar-refractivity contribution in [1.82, 2.24) is 24.8 Å². The van der Waals surface area contributed by atoms with E-state index in [0.29, 0.717) is 75.8 Å². The van der Waals surface area contributed by atoms with Crippen LogP contribution < -0.4 is 14.5 Å². The van der Waals surface area contributed by atoms with E-state index in [0.717, 1.165) is 27.7 Å². The Bertz CT molecular complexity index is 1610. The van der Waals surface area contributed by atoms with Crippen molar-refractivity contribution in [3.8, 4) is 12.1 Å². The number of rotatable bonds is 9. The average molecular weight is 621 g/mol. The van der Waals surface area contributed by atoms with Crippen LogP contribution >= 0.6 is 11.6 Å². The molecule has 13 heteroatoms. The molecule has 2 saturated heterocycles. The van der Waals surface area contributed by atoms with E-state index in [-0.39, 0.29) is 19.0 Å². The molecule has 1 amide bonds. The molecule has 44 heavy (non-hydrogen) atoms. The normalized spacial score (nSPS) is 18.6. The third-order valence-corrected chi connectivity index (χ3v) is 8.91. The molecule has 0 unspecified atom stereocenters. The van der Waals surface area contributed by atoms with Gasteiger partial charge < -0.3 is 24.2 Å². The second kappa shape index (κ2) is 12.9. The molecule has 0 radical (unpaired) electrons. The highest BCUT2D eigenvalue weighted by Gasteiger charge is 2.35. The number of carbonyl (C=O) groups excluding carboxylic acids is 1. The Morgan fingerprint density at radius 2 is 2.09 bits per heavy atom. The molecule has 3 aliphatic heterocycles. The van der Waals surface area contributed by atoms with Crippen LogP contribution in [0.3, 0.4) is 0 Å². The molecule has 3 aromatic rings. The molecule has 1 aromatic carbocycles. The first-order chi connectivity index (χ1) is 21.3. The number of likely N-dealkylation sites (N-methyl/N-ethyl adjacent to an activating group) is 1. The summed E-state index contributed by atoms with van der Waals surface area (Å²) < 4.78 is 25.2. The molecular weight excluding hydrogens is 587 g/mol. The third-order valence-electron chi connectivity index (χ3n) is 8.60. The van der Waals surface area contributed by atoms with Gasteiger partial charge in [-0.2, -0.15) is 15.2 Å². The molecule has 6 rings (SSSR count). The van der Waals surface area contributed by atoms with Gasteiger partial charge in [-0.3, -0.25) is 14.7 Å². The molecule has 0 bridgehead atoms. The van der Waals surface area contributed by atoms with Crippen molar-refractivity contribution in [2.24, 2.45) is 0 Å². The monoisotopic (exact) mass is 620 g/mol. The van der Waals surface area contributed by atoms with Crippen molar-refractivity contribution in [2.45, 2.75) is 31.5 Å². The van der Waals surface area contributed by atoms with Crippen LogP contribution in [-0.2, 0) is 22.5 Å². The van der Waals surface area contributed by atoms with Crippen LogP contribution in [0.5, 0.6) is 6.01 Å². The van der Waals surface area contributed by atoms with Gasteiger partial charge >= 0.3 is 6.01 Å². The quantitative estimate of drug-likeness (QED) is 0.330. The number of benzene rings is 1. The molecule has 0 saturated carbocycles. The highest BCUT2D eigenvalue weighted by molar-refractivity contribution is 6.36. The van der Waals surface area contributed by atoms with E-state index >= 15 is 0 Å². The van der Waals surface area contributed by atoms with E-state index < -0.39 is 17.8 Å². The van der Waals surface area contributed by atoms with Crippen LogP contribution in [0.1, 0.15) is 17.7 Å². The molecule has 5 heterocycles. The Kier molecular flexibility index (Phi) is 8.79. The number of aromatic nitrogens is 3. The first-order valence-electron chi connectivity index (χ1n) is 14.7. The summed E-state index contributed by atoms with van der Waals surface area (Å²) in [5.41, 5.74) is 2.74. The number of hydrogen-bond acceptors (Lipinski definition) is 10. The summed E-state index contributed by atoms with van der Waals surface area (Å²) in [6.45, 7) is 7.85. The smallest absolute Gasteiger partial charge is 0.318 e. The van der Waals surface area contributed by atoms with Gasteiger partial charge in [0.2, 0.25) is 0 Å². The van der Waals surface area contributed by atoms with Crippen molar-refractivity contribution >= 4 is 39.8 Å². The van der Waals surface area contributed by atoms with E-state index in [1.165, 1.54) is 4.90 Å². The van der Waals surface area contributed by atoms with Crippen molar-refractivity contribution in [1.29, 1.82) is 5.26 Å². The maximum atomic E-state index is 13.8. The lowest BCUT2D eigenvalue weighted by Crippen LogP contribution is -2.55. The fourth-order valence-electron chi connectivity index (χ4n) is 6.02. The van der Waals surface area contributed by atoms with E-state index in [2.05, 4.69) is 32.3 Å². The molecule has 0 N–H and O–H groups in total. The first-order valence-corrected chi connectivity index (χ1v) is 15.1. The van der Waals surface area contributed by atoms with Crippen LogP contribution in [-0.4, -0.2) is 102 Å². The van der Waals surface area contributed by atoms with Gasteiger partial charge in [-0.05, 0) is 19.5 Å². The minimum atomic E-state index is -1.03. The number of hydrogen-bond donors (Lipinski definition) is 0. The third kappa shape index (κ3) is 6.00. The van der Waals surface area contributed by atoms with Crippen LogP contribution in [0, 0.1) is 11.3 Å². The lowest BCUT2D eigenvalue weighted by Gasteiger charge is -2.42. The fraction of sp³-hybridized carbons (Fsp3) is 0.452. The number of carbonyl (C=O) groups is 1. The zero-order valence-corrected chi connectivity index (χ0v) is 25.3. The number of anilines is 2. The molecule has 1 atom stereocenters. The van der Waals surface area contributed by atoms with Crippen molar-refractivity contribution < 1.29 is 18.7 Å². The summed E-state index contributed by atoms with van der Waals surface area (Å²) in [4.78, 5) is 34.6. The molecule has 0 spiro atoms. The molecule has 11 nitrogen and oxygen atoms in total. The number of nitriles is 1. The SMILES string of the molecule is C=C(F)C(=O)N1CCN(c2nc(OCCN(C)C3COC3)nc3c2CCN(c2cncc4cccc(Cl)c24)C3)C[C@@H]1CC#N. The van der Waals surface area contributed by atoms with Gasteiger partial charge in [-0.1, -0.05) is 30.3 Å². The van der Waals surface area contributed by atoms with Crippen LogP contribution in [0.2, 0.25) is 5.02 Å². The number of nitrogens with zero attached hydrogens (tertiary/aromatic N) is 8. The lowest BCUT2D eigenvalue weighted by atomic mass is 10.0. The van der Waals surface area contributed by atoms with Gasteiger partial charge in [-0.15, -0.1) is 0 Å². The number of pyridine rings is 1. The maximum Gasteiger partial charge on any atom is 0.318 e. The Morgan fingerprint density at radius 3 is 2.84 bits per heavy atom. The second-order valence-corrected chi connectivity index (χ2v) is 11.7. The van der Waals surface area contributed by atoms with Gasteiger partial charge in [0.05, 0.1) is 66.9 Å². The molecular formula is C31H34ClFN8O3. The average Bonchev–Trinajstić information content (AvgIpc) is 2.99. The van der Waals surface area contributed by atoms with E-state index in [9.17, 15) is 14.4 Å². The predicted octanol–water partition coefficient (Wildman–Crippen LogP) is 3.36. The number of ether oxygens (including phenoxy) is 2. The molecule has 2 fully saturated rings. The Morgan fingerprint density at radius 1 is 1.25 bits per heavy atom. The van der Waals surface area contributed by atoms with Gasteiger partial charge in [0, 0.05) is 55.3 Å². The minimum Gasteiger partial charge on any atom is -0.462 e. The standard InChI is InChI=1S/C31H34ClFN8O3/c1-20(33)30(42)41-11-10-40(16-22(41)6-8-34)29-24-7-9-39(27-15-35-14-21-4-3-5-25(32)28(21)27)17-26(24)36-31(37-29)44-13-12-38(2)23-18-43-19-23/h3-5,14-15,22-23H,1,6-7,9-13,16-19H2,2H3/t22-/m0/s1. The largest absolute Gasteiger partial charge is 0.462 e. The predicted molar refractivity (Wildman–Crippen MR) is 164 cm³/mol. The lowest BCUT2D eigenvalue weighted by molar-refractivity contribution is -0.131. The van der Waals surface area contributed by atoms with E-state index in [1.54, 1.807) is 0 Å². The topological polar surface area (TPSA) is 111 Å². The molecule has 230 valence electrons. The zero-order valence-electron chi connectivity index (χ0n) is 24.6. The van der Waals surface area contributed by atoms with E-state index in [4.69, 9.17) is 31.0 Å². The Balaban J connectivity index is 1.30. The highest BCUT2D eigenvalue weighted by Crippen LogP contribution is 2.37. The van der Waals surface area contributed by atoms with Crippen LogP contribution in [0.15, 0.2) is 43.0 Å². The molecule has 0 aliphatic carbocycles. The first kappa shape index (κ1) is 30.0. The van der Waals surface area contributed by atoms with Crippen molar-refractivity contribution in [3.63, 3.8) is 0 Å². The minimum absolute atomic E-state index is 0.0615. The highest BCUT2D eigenvalue weighted by atomic mass is 35.5. The summed E-state index contributed by atoms with van der Waals surface area (Å²) in [5.74, 6) is -1.09. The van der Waals surface area contributed by atoms with E-state index in [1.807, 2.05) is 37.6 Å². The Hall–Kier alpha value is -4.05.